The van der Waals surface area contributed by atoms with Gasteiger partial charge < -0.3 is 5.32 Å². The Bertz CT molecular complexity index is 717. The van der Waals surface area contributed by atoms with Gasteiger partial charge in [0.15, 0.2) is 0 Å². The fourth-order valence-electron chi connectivity index (χ4n) is 2.87. The van der Waals surface area contributed by atoms with Gasteiger partial charge in [-0.3, -0.25) is 0 Å². The maximum atomic E-state index is 3.63. The standard InChI is InChI=1S/C23H25N/c1-19(12-13-20-8-4-2-5-9-20)24-18-21-14-16-23(17-15-21)22-10-6-3-7-11-22/h2-11,14-17,19,24H,12-13,18H2,1H3. The minimum absolute atomic E-state index is 0.513. The number of benzene rings is 3. The summed E-state index contributed by atoms with van der Waals surface area (Å²) in [5, 5.41) is 3.63. The monoisotopic (exact) mass is 315 g/mol. The molecule has 0 aliphatic rings. The number of aryl methyl sites for hydroxylation is 1. The van der Waals surface area contributed by atoms with Gasteiger partial charge in [0.1, 0.15) is 0 Å². The van der Waals surface area contributed by atoms with Crippen molar-refractivity contribution in [2.45, 2.75) is 32.4 Å². The Morgan fingerprint density at radius 2 is 1.25 bits per heavy atom. The van der Waals surface area contributed by atoms with Gasteiger partial charge in [0.05, 0.1) is 0 Å². The molecule has 0 fully saturated rings. The van der Waals surface area contributed by atoms with E-state index < -0.39 is 0 Å². The Balaban J connectivity index is 1.48. The lowest BCUT2D eigenvalue weighted by molar-refractivity contribution is 0.514. The minimum atomic E-state index is 0.513. The zero-order valence-corrected chi connectivity index (χ0v) is 14.3. The van der Waals surface area contributed by atoms with Gasteiger partial charge in [0, 0.05) is 12.6 Å². The zero-order chi connectivity index (χ0) is 16.6. The SMILES string of the molecule is CC(CCc1ccccc1)NCc1ccc(-c2ccccc2)cc1. The second kappa shape index (κ2) is 8.47. The van der Waals surface area contributed by atoms with E-state index in [0.29, 0.717) is 6.04 Å². The molecule has 24 heavy (non-hydrogen) atoms. The van der Waals surface area contributed by atoms with E-state index in [0.717, 1.165) is 19.4 Å². The van der Waals surface area contributed by atoms with Crippen LogP contribution >= 0.6 is 0 Å². The maximum absolute atomic E-state index is 3.63. The molecule has 0 radical (unpaired) electrons. The Hall–Kier alpha value is -2.38. The van der Waals surface area contributed by atoms with Crippen molar-refractivity contribution < 1.29 is 0 Å². The third kappa shape index (κ3) is 4.81. The topological polar surface area (TPSA) is 12.0 Å². The molecule has 3 rings (SSSR count). The van der Waals surface area contributed by atoms with Crippen LogP contribution in [0.25, 0.3) is 11.1 Å². The average Bonchev–Trinajstić information content (AvgIpc) is 2.67. The molecule has 0 aromatic heterocycles. The van der Waals surface area contributed by atoms with Crippen molar-refractivity contribution in [2.24, 2.45) is 0 Å². The highest BCUT2D eigenvalue weighted by molar-refractivity contribution is 5.63. The van der Waals surface area contributed by atoms with E-state index in [9.17, 15) is 0 Å². The Kier molecular flexibility index (Phi) is 5.81. The zero-order valence-electron chi connectivity index (χ0n) is 14.3. The predicted octanol–water partition coefficient (Wildman–Crippen LogP) is 5.46. The fraction of sp³-hybridized carbons (Fsp3) is 0.217. The molecule has 0 spiro atoms. The van der Waals surface area contributed by atoms with E-state index in [1.165, 1.54) is 22.3 Å². The molecule has 0 saturated carbocycles. The van der Waals surface area contributed by atoms with Crippen LogP contribution in [0.3, 0.4) is 0 Å². The second-order valence-electron chi connectivity index (χ2n) is 6.37. The van der Waals surface area contributed by atoms with E-state index in [4.69, 9.17) is 0 Å². The molecule has 122 valence electrons. The summed E-state index contributed by atoms with van der Waals surface area (Å²) in [5.74, 6) is 0. The smallest absolute Gasteiger partial charge is 0.0207 e. The molecule has 0 amide bonds. The molecular formula is C23H25N. The van der Waals surface area contributed by atoms with Gasteiger partial charge in [0.2, 0.25) is 0 Å². The summed E-state index contributed by atoms with van der Waals surface area (Å²) < 4.78 is 0. The van der Waals surface area contributed by atoms with Gasteiger partial charge in [-0.05, 0) is 42.0 Å². The van der Waals surface area contributed by atoms with E-state index in [-0.39, 0.29) is 0 Å². The number of nitrogens with one attached hydrogen (secondary N) is 1. The predicted molar refractivity (Wildman–Crippen MR) is 103 cm³/mol. The minimum Gasteiger partial charge on any atom is -0.310 e. The van der Waals surface area contributed by atoms with Crippen molar-refractivity contribution in [1.82, 2.24) is 5.32 Å². The summed E-state index contributed by atoms with van der Waals surface area (Å²) in [6.45, 7) is 3.19. The Morgan fingerprint density at radius 1 is 0.667 bits per heavy atom. The highest BCUT2D eigenvalue weighted by atomic mass is 14.9. The summed E-state index contributed by atoms with van der Waals surface area (Å²) in [5.41, 5.74) is 5.30. The first-order valence-electron chi connectivity index (χ1n) is 8.73. The van der Waals surface area contributed by atoms with Gasteiger partial charge in [-0.15, -0.1) is 0 Å². The number of rotatable bonds is 7. The van der Waals surface area contributed by atoms with Gasteiger partial charge in [-0.25, -0.2) is 0 Å². The molecule has 0 aliphatic heterocycles. The van der Waals surface area contributed by atoms with Crippen LogP contribution in [0.4, 0.5) is 0 Å². The summed E-state index contributed by atoms with van der Waals surface area (Å²) in [7, 11) is 0. The molecule has 1 unspecified atom stereocenters. The van der Waals surface area contributed by atoms with Crippen molar-refractivity contribution in [3.8, 4) is 11.1 Å². The van der Waals surface area contributed by atoms with Crippen LogP contribution in [0.2, 0.25) is 0 Å². The van der Waals surface area contributed by atoms with Crippen molar-refractivity contribution >= 4 is 0 Å². The highest BCUT2D eigenvalue weighted by Crippen LogP contribution is 2.19. The largest absolute Gasteiger partial charge is 0.310 e. The van der Waals surface area contributed by atoms with Crippen molar-refractivity contribution in [3.05, 3.63) is 96.1 Å². The van der Waals surface area contributed by atoms with E-state index >= 15 is 0 Å². The molecule has 1 nitrogen and oxygen atoms in total. The fourth-order valence-corrected chi connectivity index (χ4v) is 2.87. The normalized spacial score (nSPS) is 12.0. The summed E-state index contributed by atoms with van der Waals surface area (Å²) in [4.78, 5) is 0. The van der Waals surface area contributed by atoms with E-state index in [2.05, 4.69) is 97.2 Å². The van der Waals surface area contributed by atoms with E-state index in [1.54, 1.807) is 0 Å². The van der Waals surface area contributed by atoms with Crippen LogP contribution in [0.1, 0.15) is 24.5 Å². The van der Waals surface area contributed by atoms with Gasteiger partial charge in [-0.1, -0.05) is 84.9 Å². The Labute approximate surface area is 145 Å². The summed E-state index contributed by atoms with van der Waals surface area (Å²) in [6.07, 6.45) is 2.29. The van der Waals surface area contributed by atoms with Crippen LogP contribution in [0, 0.1) is 0 Å². The van der Waals surface area contributed by atoms with Crippen molar-refractivity contribution in [1.29, 1.82) is 0 Å². The lowest BCUT2D eigenvalue weighted by atomic mass is 10.0. The quantitative estimate of drug-likeness (QED) is 0.610. The first kappa shape index (κ1) is 16.5. The lowest BCUT2D eigenvalue weighted by Gasteiger charge is -2.14. The molecule has 1 atom stereocenters. The van der Waals surface area contributed by atoms with Crippen LogP contribution < -0.4 is 5.32 Å². The molecule has 3 aromatic rings. The van der Waals surface area contributed by atoms with Crippen LogP contribution in [0.15, 0.2) is 84.9 Å². The van der Waals surface area contributed by atoms with Gasteiger partial charge in [0.25, 0.3) is 0 Å². The first-order chi connectivity index (χ1) is 11.8. The highest BCUT2D eigenvalue weighted by Gasteiger charge is 2.03. The molecule has 0 saturated heterocycles. The molecule has 1 heteroatoms. The average molecular weight is 315 g/mol. The van der Waals surface area contributed by atoms with Crippen molar-refractivity contribution in [2.75, 3.05) is 0 Å². The number of hydrogen-bond acceptors (Lipinski definition) is 1. The van der Waals surface area contributed by atoms with Gasteiger partial charge in [-0.2, -0.15) is 0 Å². The maximum Gasteiger partial charge on any atom is 0.0207 e. The van der Waals surface area contributed by atoms with Crippen LogP contribution in [-0.4, -0.2) is 6.04 Å². The lowest BCUT2D eigenvalue weighted by Crippen LogP contribution is -2.25. The molecular weight excluding hydrogens is 290 g/mol. The van der Waals surface area contributed by atoms with Crippen molar-refractivity contribution in [3.63, 3.8) is 0 Å². The summed E-state index contributed by atoms with van der Waals surface area (Å²) >= 11 is 0. The molecule has 0 bridgehead atoms. The summed E-state index contributed by atoms with van der Waals surface area (Å²) in [6, 6.07) is 30.6. The third-order valence-electron chi connectivity index (χ3n) is 4.42. The third-order valence-corrected chi connectivity index (χ3v) is 4.42. The number of hydrogen-bond donors (Lipinski definition) is 1. The molecule has 3 aromatic carbocycles. The van der Waals surface area contributed by atoms with Crippen LogP contribution in [0.5, 0.6) is 0 Å². The first-order valence-corrected chi connectivity index (χ1v) is 8.73. The molecule has 1 N–H and O–H groups in total. The van der Waals surface area contributed by atoms with E-state index in [1.807, 2.05) is 0 Å². The van der Waals surface area contributed by atoms with Crippen LogP contribution in [-0.2, 0) is 13.0 Å². The second-order valence-corrected chi connectivity index (χ2v) is 6.37. The van der Waals surface area contributed by atoms with Gasteiger partial charge >= 0.3 is 0 Å². The Morgan fingerprint density at radius 3 is 1.92 bits per heavy atom. The molecule has 0 heterocycles. The molecule has 0 aliphatic carbocycles.